The van der Waals surface area contributed by atoms with Gasteiger partial charge in [-0.3, -0.25) is 33.9 Å². The van der Waals surface area contributed by atoms with Crippen molar-refractivity contribution >= 4 is 64.5 Å². The number of nitrogens with one attached hydrogen (secondary N) is 3. The zero-order valence-corrected chi connectivity index (χ0v) is 26.0. The molecule has 2 unspecified atom stereocenters. The lowest BCUT2D eigenvalue weighted by Gasteiger charge is -2.49. The summed E-state index contributed by atoms with van der Waals surface area (Å²) in [6.45, 7) is 0. The van der Waals surface area contributed by atoms with Gasteiger partial charge in [-0.05, 0) is 17.2 Å². The number of aromatic amines is 1. The molecule has 1 aromatic carbocycles. The number of fused-ring (bicyclic) bond motifs is 1. The second-order valence-corrected chi connectivity index (χ2v) is 13.1. The summed E-state index contributed by atoms with van der Waals surface area (Å²) in [5.41, 5.74) is 4.31. The Morgan fingerprint density at radius 2 is 1.89 bits per heavy atom. The Bertz CT molecular complexity index is 1980. The standard InChI is InChI=1S/C26H21N11O7S3/c27-17(38)21-33-35-26(47-21)46-10-12-9-45-23-15(22(42)37(23)16(12)24(43)44)30-18(39)13(11-5-2-1-3-6-11)29-19(40)14-20(41)31-25(34-32-14)36-8-4-7-28-36/h1-8,13,15,23H,9-10H2,(H2,27,38)(H,29,40)(H,30,39)(H,43,44)(H,31,34,41)/t13?,15?,23-/m0/s1. The van der Waals surface area contributed by atoms with Crippen LogP contribution in [0.1, 0.15) is 31.9 Å². The number of hydrogen-bond donors (Lipinski definition) is 5. The number of H-pyrrole nitrogens is 1. The van der Waals surface area contributed by atoms with Crippen molar-refractivity contribution in [3.8, 4) is 5.95 Å². The van der Waals surface area contributed by atoms with Gasteiger partial charge in [-0.1, -0.05) is 53.4 Å². The van der Waals surface area contributed by atoms with Crippen LogP contribution in [0.5, 0.6) is 0 Å². The molecule has 6 rings (SSSR count). The summed E-state index contributed by atoms with van der Waals surface area (Å²) in [6.07, 6.45) is 2.98. The molecule has 240 valence electrons. The maximum atomic E-state index is 13.6. The summed E-state index contributed by atoms with van der Waals surface area (Å²) in [7, 11) is 0. The zero-order valence-electron chi connectivity index (χ0n) is 23.6. The fourth-order valence-corrected chi connectivity index (χ4v) is 7.86. The number of carbonyl (C=O) groups is 5. The smallest absolute Gasteiger partial charge is 0.352 e. The van der Waals surface area contributed by atoms with Crippen LogP contribution in [0, 0.1) is 0 Å². The van der Waals surface area contributed by atoms with Crippen molar-refractivity contribution in [2.24, 2.45) is 5.73 Å². The summed E-state index contributed by atoms with van der Waals surface area (Å²) < 4.78 is 1.64. The molecule has 0 spiro atoms. The van der Waals surface area contributed by atoms with Gasteiger partial charge in [0.25, 0.3) is 29.2 Å². The Morgan fingerprint density at radius 3 is 2.55 bits per heavy atom. The zero-order chi connectivity index (χ0) is 33.2. The minimum absolute atomic E-state index is 0.0162. The molecule has 5 heterocycles. The number of thioether (sulfide) groups is 2. The van der Waals surface area contributed by atoms with Crippen molar-refractivity contribution < 1.29 is 29.1 Å². The largest absolute Gasteiger partial charge is 0.477 e. The van der Waals surface area contributed by atoms with Gasteiger partial charge in [0.1, 0.15) is 23.2 Å². The van der Waals surface area contributed by atoms with E-state index in [1.54, 1.807) is 36.4 Å². The molecule has 0 bridgehead atoms. The highest BCUT2D eigenvalue weighted by molar-refractivity contribution is 8.01. The minimum atomic E-state index is -1.36. The molecule has 0 aliphatic carbocycles. The highest BCUT2D eigenvalue weighted by Gasteiger charge is 2.54. The van der Waals surface area contributed by atoms with Gasteiger partial charge >= 0.3 is 5.97 Å². The molecule has 0 saturated carbocycles. The average molecular weight is 696 g/mol. The molecule has 1 fully saturated rings. The van der Waals surface area contributed by atoms with Crippen LogP contribution in [-0.4, -0.2) is 97.7 Å². The summed E-state index contributed by atoms with van der Waals surface area (Å²) in [4.78, 5) is 79.8. The Morgan fingerprint density at radius 1 is 1.11 bits per heavy atom. The van der Waals surface area contributed by atoms with E-state index in [0.29, 0.717) is 15.5 Å². The number of nitrogens with zero attached hydrogens (tertiary/aromatic N) is 7. The van der Waals surface area contributed by atoms with Gasteiger partial charge in [-0.25, -0.2) is 9.48 Å². The molecule has 21 heteroatoms. The van der Waals surface area contributed by atoms with Crippen molar-refractivity contribution in [2.45, 2.75) is 21.8 Å². The van der Waals surface area contributed by atoms with Crippen LogP contribution < -0.4 is 21.9 Å². The number of primary amides is 1. The van der Waals surface area contributed by atoms with E-state index < -0.39 is 58.3 Å². The minimum Gasteiger partial charge on any atom is -0.477 e. The van der Waals surface area contributed by atoms with E-state index in [1.165, 1.54) is 28.8 Å². The van der Waals surface area contributed by atoms with Crippen molar-refractivity contribution in [1.82, 2.24) is 50.7 Å². The number of aliphatic carboxylic acids is 1. The molecule has 47 heavy (non-hydrogen) atoms. The molecular weight excluding hydrogens is 675 g/mol. The molecular formula is C26H21N11O7S3. The number of aromatic nitrogens is 7. The first-order valence-corrected chi connectivity index (χ1v) is 16.3. The molecule has 2 aliphatic rings. The SMILES string of the molecule is NC(=O)c1nnc(SCC2=C(C(=O)O)N3C(=O)C(NC(=O)C(NC(=O)c4nnc(-n5cccn5)[nH]c4=O)c4ccccc4)[C@@H]3SC2)s1. The van der Waals surface area contributed by atoms with Gasteiger partial charge < -0.3 is 21.5 Å². The number of rotatable bonds is 11. The Hall–Kier alpha value is -5.41. The van der Waals surface area contributed by atoms with Crippen LogP contribution in [0.2, 0.25) is 0 Å². The third kappa shape index (κ3) is 6.35. The van der Waals surface area contributed by atoms with Gasteiger partial charge in [0, 0.05) is 23.9 Å². The fourth-order valence-electron chi connectivity index (χ4n) is 4.67. The van der Waals surface area contributed by atoms with Crippen LogP contribution in [0.15, 0.2) is 69.2 Å². The maximum Gasteiger partial charge on any atom is 0.352 e. The topological polar surface area (TPSA) is 261 Å². The predicted molar refractivity (Wildman–Crippen MR) is 165 cm³/mol. The lowest BCUT2D eigenvalue weighted by Crippen LogP contribution is -2.71. The van der Waals surface area contributed by atoms with Gasteiger partial charge in [-0.2, -0.15) is 5.10 Å². The van der Waals surface area contributed by atoms with Gasteiger partial charge in [0.15, 0.2) is 4.34 Å². The number of carboxylic acids is 1. The predicted octanol–water partition coefficient (Wildman–Crippen LogP) is -0.697. The molecule has 0 radical (unpaired) electrons. The van der Waals surface area contributed by atoms with Crippen molar-refractivity contribution in [3.63, 3.8) is 0 Å². The van der Waals surface area contributed by atoms with Crippen LogP contribution in [0.3, 0.4) is 0 Å². The number of carbonyl (C=O) groups excluding carboxylic acids is 4. The van der Waals surface area contributed by atoms with E-state index in [9.17, 15) is 33.9 Å². The van der Waals surface area contributed by atoms with Crippen LogP contribution in [-0.2, 0) is 14.4 Å². The number of nitrogens with two attached hydrogens (primary N) is 1. The first-order valence-electron chi connectivity index (χ1n) is 13.4. The van der Waals surface area contributed by atoms with E-state index in [-0.39, 0.29) is 28.2 Å². The Balaban J connectivity index is 1.17. The third-order valence-corrected chi connectivity index (χ3v) is 10.3. The van der Waals surface area contributed by atoms with Crippen LogP contribution in [0.4, 0.5) is 0 Å². The fraction of sp³-hybridized carbons (Fsp3) is 0.192. The summed E-state index contributed by atoms with van der Waals surface area (Å²) >= 11 is 3.37. The molecule has 1 saturated heterocycles. The average Bonchev–Trinajstić information content (AvgIpc) is 3.78. The highest BCUT2D eigenvalue weighted by atomic mass is 32.2. The van der Waals surface area contributed by atoms with Gasteiger partial charge in [0.2, 0.25) is 16.6 Å². The van der Waals surface area contributed by atoms with E-state index in [1.807, 2.05) is 0 Å². The molecule has 3 atom stereocenters. The monoisotopic (exact) mass is 695 g/mol. The molecule has 18 nitrogen and oxygen atoms in total. The van der Waals surface area contributed by atoms with E-state index in [0.717, 1.165) is 28.0 Å². The normalized spacial score (nSPS) is 17.8. The highest BCUT2D eigenvalue weighted by Crippen LogP contribution is 2.42. The summed E-state index contributed by atoms with van der Waals surface area (Å²) in [5, 5.41) is 33.4. The van der Waals surface area contributed by atoms with Crippen molar-refractivity contribution in [3.05, 3.63) is 86.7 Å². The number of benzene rings is 1. The molecule has 6 N–H and O–H groups in total. The molecule has 2 aliphatic heterocycles. The third-order valence-electron chi connectivity index (χ3n) is 6.83. The number of β-lactam (4-membered cyclic amide) rings is 1. The van der Waals surface area contributed by atoms with Crippen molar-refractivity contribution in [2.75, 3.05) is 11.5 Å². The van der Waals surface area contributed by atoms with E-state index in [2.05, 4.69) is 41.1 Å². The number of carboxylic acid groups (broad SMARTS) is 1. The van der Waals surface area contributed by atoms with Gasteiger partial charge in [0.05, 0.1) is 0 Å². The summed E-state index contributed by atoms with van der Waals surface area (Å²) in [5.74, 6) is -4.12. The lowest BCUT2D eigenvalue weighted by atomic mass is 10.0. The van der Waals surface area contributed by atoms with Crippen LogP contribution >= 0.6 is 34.9 Å². The number of hydrogen-bond acceptors (Lipinski definition) is 14. The lowest BCUT2D eigenvalue weighted by molar-refractivity contribution is -0.151. The molecule has 3 aromatic heterocycles. The molecule has 4 aromatic rings. The second-order valence-electron chi connectivity index (χ2n) is 9.77. The van der Waals surface area contributed by atoms with Crippen LogP contribution in [0.25, 0.3) is 5.95 Å². The van der Waals surface area contributed by atoms with E-state index in [4.69, 9.17) is 5.73 Å². The summed E-state index contributed by atoms with van der Waals surface area (Å²) in [6, 6.07) is 7.27. The quantitative estimate of drug-likeness (QED) is 0.0961. The second kappa shape index (κ2) is 13.1. The van der Waals surface area contributed by atoms with E-state index >= 15 is 0 Å². The number of amides is 4. The first-order chi connectivity index (χ1) is 22.6. The maximum absolute atomic E-state index is 13.6. The Labute approximate surface area is 275 Å². The molecule has 4 amide bonds. The van der Waals surface area contributed by atoms with Crippen molar-refractivity contribution in [1.29, 1.82) is 0 Å². The Kier molecular flexibility index (Phi) is 8.82. The van der Waals surface area contributed by atoms with Gasteiger partial charge in [-0.15, -0.1) is 32.2 Å². The first kappa shape index (κ1) is 31.6.